The largest absolute Gasteiger partial charge is 0.503 e. The number of carbonyl (C=O) groups excluding carboxylic acids is 2. The van der Waals surface area contributed by atoms with E-state index in [-0.39, 0.29) is 11.3 Å². The van der Waals surface area contributed by atoms with Crippen LogP contribution in [-0.4, -0.2) is 16.8 Å². The molecule has 0 aliphatic carbocycles. The second kappa shape index (κ2) is 9.04. The quantitative estimate of drug-likeness (QED) is 0.234. The van der Waals surface area contributed by atoms with E-state index >= 15 is 0 Å². The van der Waals surface area contributed by atoms with E-state index in [0.717, 1.165) is 11.4 Å². The molecule has 1 aliphatic rings. The molecule has 2 aromatic heterocycles. The van der Waals surface area contributed by atoms with Gasteiger partial charge in [-0.25, -0.2) is 0 Å². The van der Waals surface area contributed by atoms with Gasteiger partial charge in [0.15, 0.2) is 11.5 Å². The van der Waals surface area contributed by atoms with Crippen molar-refractivity contribution in [1.29, 1.82) is 0 Å². The number of halogens is 1. The summed E-state index contributed by atoms with van der Waals surface area (Å²) in [5.74, 6) is -1.69. The van der Waals surface area contributed by atoms with E-state index in [9.17, 15) is 14.7 Å². The fourth-order valence-electron chi connectivity index (χ4n) is 4.47. The number of hydrogen-bond donors (Lipinski definition) is 2. The lowest BCUT2D eigenvalue weighted by Gasteiger charge is -2.25. The molecule has 5 aromatic rings. The van der Waals surface area contributed by atoms with Crippen LogP contribution in [0.4, 0.5) is 17.1 Å². The van der Waals surface area contributed by atoms with Gasteiger partial charge >= 0.3 is 0 Å². The van der Waals surface area contributed by atoms with Crippen LogP contribution in [0, 0.1) is 0 Å². The van der Waals surface area contributed by atoms with Crippen LogP contribution in [0.15, 0.2) is 117 Å². The van der Waals surface area contributed by atoms with Gasteiger partial charge in [0.25, 0.3) is 5.91 Å². The van der Waals surface area contributed by atoms with Crippen LogP contribution in [0.3, 0.4) is 0 Å². The van der Waals surface area contributed by atoms with Gasteiger partial charge in [-0.3, -0.25) is 14.5 Å². The number of anilines is 3. The first kappa shape index (κ1) is 22.7. The predicted molar refractivity (Wildman–Crippen MR) is 140 cm³/mol. The first-order valence-electron chi connectivity index (χ1n) is 11.5. The molecule has 182 valence electrons. The number of amides is 1. The lowest BCUT2D eigenvalue weighted by Crippen LogP contribution is -2.30. The number of furan rings is 2. The molecular weight excluding hydrogens is 492 g/mol. The molecule has 0 radical (unpaired) electrons. The summed E-state index contributed by atoms with van der Waals surface area (Å²) < 4.78 is 11.3. The number of Topliss-reactive ketones (excluding diaryl/α,β-unsaturated/α-hetero) is 1. The summed E-state index contributed by atoms with van der Waals surface area (Å²) >= 11 is 6.07. The SMILES string of the molecule is O=C(C1=C(O)C(=O)N(c2ccc(Nc3ccccc3)cc2)C1c1ccco1)c1cc2cc(Cl)ccc2o1. The average Bonchev–Trinajstić information content (AvgIpc) is 3.64. The highest BCUT2D eigenvalue weighted by Crippen LogP contribution is 2.42. The normalized spacial score (nSPS) is 15.5. The Bertz CT molecular complexity index is 1650. The van der Waals surface area contributed by atoms with Crippen molar-refractivity contribution in [3.05, 3.63) is 125 Å². The molecule has 37 heavy (non-hydrogen) atoms. The van der Waals surface area contributed by atoms with E-state index in [1.807, 2.05) is 42.5 Å². The van der Waals surface area contributed by atoms with Crippen molar-refractivity contribution in [1.82, 2.24) is 0 Å². The molecule has 1 unspecified atom stereocenters. The second-order valence-electron chi connectivity index (χ2n) is 8.52. The molecule has 8 heteroatoms. The van der Waals surface area contributed by atoms with Crippen molar-refractivity contribution >= 4 is 51.3 Å². The van der Waals surface area contributed by atoms with E-state index in [4.69, 9.17) is 20.4 Å². The lowest BCUT2D eigenvalue weighted by atomic mass is 9.99. The molecule has 0 saturated heterocycles. The highest BCUT2D eigenvalue weighted by atomic mass is 35.5. The summed E-state index contributed by atoms with van der Waals surface area (Å²) in [5.41, 5.74) is 2.54. The van der Waals surface area contributed by atoms with Crippen molar-refractivity contribution < 1.29 is 23.5 Å². The number of fused-ring (bicyclic) bond motifs is 1. The van der Waals surface area contributed by atoms with E-state index in [1.165, 1.54) is 11.2 Å². The smallest absolute Gasteiger partial charge is 0.294 e. The number of ketones is 1. The Morgan fingerprint density at radius 3 is 2.41 bits per heavy atom. The highest BCUT2D eigenvalue weighted by Gasteiger charge is 2.46. The molecule has 1 aliphatic heterocycles. The van der Waals surface area contributed by atoms with E-state index in [2.05, 4.69) is 5.32 Å². The molecule has 3 heterocycles. The number of carbonyl (C=O) groups is 2. The molecule has 1 amide bonds. The van der Waals surface area contributed by atoms with Crippen LogP contribution in [-0.2, 0) is 4.79 Å². The molecule has 7 nitrogen and oxygen atoms in total. The van der Waals surface area contributed by atoms with Gasteiger partial charge in [0, 0.05) is 27.5 Å². The standard InChI is InChI=1S/C29H19ClN2O5/c30-18-8-13-22-17(15-18)16-24(37-22)27(33)25-26(23-7-4-14-36-23)32(29(35)28(25)34)21-11-9-20(10-12-21)31-19-5-2-1-3-6-19/h1-16,26,31,34H. The Hall–Kier alpha value is -4.75. The third kappa shape index (κ3) is 4.05. The maximum absolute atomic E-state index is 13.6. The summed E-state index contributed by atoms with van der Waals surface area (Å²) in [4.78, 5) is 28.3. The number of para-hydroxylation sites is 1. The maximum atomic E-state index is 13.6. The van der Waals surface area contributed by atoms with Gasteiger partial charge in [-0.05, 0) is 72.8 Å². The number of rotatable bonds is 6. The van der Waals surface area contributed by atoms with Crippen molar-refractivity contribution in [2.45, 2.75) is 6.04 Å². The third-order valence-corrected chi connectivity index (χ3v) is 6.41. The van der Waals surface area contributed by atoms with Gasteiger partial charge in [-0.2, -0.15) is 0 Å². The van der Waals surface area contributed by atoms with E-state index < -0.39 is 23.5 Å². The van der Waals surface area contributed by atoms with Gasteiger partial charge in [0.05, 0.1) is 11.8 Å². The summed E-state index contributed by atoms with van der Waals surface area (Å²) in [6.45, 7) is 0. The number of hydrogen-bond acceptors (Lipinski definition) is 6. The average molecular weight is 511 g/mol. The Balaban J connectivity index is 1.37. The molecule has 6 rings (SSSR count). The fourth-order valence-corrected chi connectivity index (χ4v) is 4.65. The Kier molecular flexibility index (Phi) is 5.54. The minimum absolute atomic E-state index is 0.0209. The zero-order chi connectivity index (χ0) is 25.5. The monoisotopic (exact) mass is 510 g/mol. The Morgan fingerprint density at radius 1 is 0.919 bits per heavy atom. The Morgan fingerprint density at radius 2 is 1.68 bits per heavy atom. The van der Waals surface area contributed by atoms with Crippen LogP contribution in [0.2, 0.25) is 5.02 Å². The van der Waals surface area contributed by atoms with Crippen LogP contribution < -0.4 is 10.2 Å². The van der Waals surface area contributed by atoms with Crippen LogP contribution >= 0.6 is 11.6 Å². The van der Waals surface area contributed by atoms with Crippen molar-refractivity contribution in [2.24, 2.45) is 0 Å². The van der Waals surface area contributed by atoms with Gasteiger partial charge in [-0.15, -0.1) is 0 Å². The summed E-state index contributed by atoms with van der Waals surface area (Å²) in [6, 6.07) is 25.6. The zero-order valence-electron chi connectivity index (χ0n) is 19.2. The molecule has 2 N–H and O–H groups in total. The minimum atomic E-state index is -0.986. The first-order valence-corrected chi connectivity index (χ1v) is 11.8. The van der Waals surface area contributed by atoms with E-state index in [1.54, 1.807) is 48.5 Å². The molecular formula is C29H19ClN2O5. The first-order chi connectivity index (χ1) is 18.0. The van der Waals surface area contributed by atoms with E-state index in [0.29, 0.717) is 27.4 Å². The molecule has 3 aromatic carbocycles. The Labute approximate surface area is 216 Å². The molecule has 0 saturated carbocycles. The topological polar surface area (TPSA) is 95.9 Å². The molecule has 0 bridgehead atoms. The molecule has 0 spiro atoms. The van der Waals surface area contributed by atoms with Gasteiger partial charge in [-0.1, -0.05) is 29.8 Å². The molecule has 1 atom stereocenters. The maximum Gasteiger partial charge on any atom is 0.294 e. The number of aliphatic hydroxyl groups is 1. The summed E-state index contributed by atoms with van der Waals surface area (Å²) in [6.07, 6.45) is 1.45. The third-order valence-electron chi connectivity index (χ3n) is 6.18. The second-order valence-corrected chi connectivity index (χ2v) is 8.95. The van der Waals surface area contributed by atoms with Crippen LogP contribution in [0.5, 0.6) is 0 Å². The van der Waals surface area contributed by atoms with Crippen LogP contribution in [0.25, 0.3) is 11.0 Å². The summed E-state index contributed by atoms with van der Waals surface area (Å²) in [5, 5.41) is 15.3. The number of benzene rings is 3. The predicted octanol–water partition coefficient (Wildman–Crippen LogP) is 7.21. The lowest BCUT2D eigenvalue weighted by molar-refractivity contribution is -0.117. The van der Waals surface area contributed by atoms with Gasteiger partial charge < -0.3 is 19.3 Å². The minimum Gasteiger partial charge on any atom is -0.503 e. The molecule has 0 fully saturated rings. The highest BCUT2D eigenvalue weighted by molar-refractivity contribution is 6.31. The van der Waals surface area contributed by atoms with Gasteiger partial charge in [0.2, 0.25) is 5.78 Å². The summed E-state index contributed by atoms with van der Waals surface area (Å²) in [7, 11) is 0. The van der Waals surface area contributed by atoms with Crippen molar-refractivity contribution in [2.75, 3.05) is 10.2 Å². The van der Waals surface area contributed by atoms with Crippen LogP contribution in [0.1, 0.15) is 22.4 Å². The van der Waals surface area contributed by atoms with Crippen molar-refractivity contribution in [3.63, 3.8) is 0 Å². The fraction of sp³-hybridized carbons (Fsp3) is 0.0345. The van der Waals surface area contributed by atoms with Crippen molar-refractivity contribution in [3.8, 4) is 0 Å². The number of aliphatic hydroxyl groups excluding tert-OH is 1. The zero-order valence-corrected chi connectivity index (χ0v) is 20.0. The number of nitrogens with zero attached hydrogens (tertiary/aromatic N) is 1. The van der Waals surface area contributed by atoms with Gasteiger partial charge in [0.1, 0.15) is 17.4 Å². The number of nitrogens with one attached hydrogen (secondary N) is 1.